The molecule has 1 unspecified atom stereocenters. The van der Waals surface area contributed by atoms with Gasteiger partial charge in [0, 0.05) is 11.6 Å². The van der Waals surface area contributed by atoms with Gasteiger partial charge in [0.25, 0.3) is 0 Å². The third-order valence-corrected chi connectivity index (χ3v) is 6.27. The number of carbonyl (C=O) groups is 1. The van der Waals surface area contributed by atoms with Crippen LogP contribution in [0.15, 0.2) is 84.8 Å². The van der Waals surface area contributed by atoms with Gasteiger partial charge in [-0.05, 0) is 46.9 Å². The lowest BCUT2D eigenvalue weighted by atomic mass is 9.83. The highest BCUT2D eigenvalue weighted by atomic mass is 16.5. The van der Waals surface area contributed by atoms with Gasteiger partial charge in [-0.15, -0.1) is 0 Å². The number of ether oxygens (including phenoxy) is 4. The van der Waals surface area contributed by atoms with E-state index in [0.29, 0.717) is 40.7 Å². The molecule has 2 N–H and O–H groups in total. The van der Waals surface area contributed by atoms with Crippen LogP contribution in [0, 0.1) is 11.3 Å². The quantitative estimate of drug-likeness (QED) is 0.236. The van der Waals surface area contributed by atoms with Gasteiger partial charge in [-0.2, -0.15) is 5.26 Å². The first-order valence-corrected chi connectivity index (χ1v) is 12.1. The number of benzene rings is 3. The lowest BCUT2D eigenvalue weighted by molar-refractivity contribution is 0.0734. The molecule has 3 aromatic rings. The zero-order valence-electron chi connectivity index (χ0n) is 21.9. The minimum atomic E-state index is -0.513. The molecule has 0 aliphatic carbocycles. The third kappa shape index (κ3) is 5.35. The highest BCUT2D eigenvalue weighted by Gasteiger charge is 2.32. The Labute approximate surface area is 222 Å². The average Bonchev–Trinajstić information content (AvgIpc) is 2.90. The normalized spacial score (nSPS) is 14.6. The molecule has 38 heavy (non-hydrogen) atoms. The van der Waals surface area contributed by atoms with Crippen molar-refractivity contribution in [3.63, 3.8) is 0 Å². The van der Waals surface area contributed by atoms with Crippen LogP contribution in [-0.2, 0) is 5.41 Å². The highest BCUT2D eigenvalue weighted by Crippen LogP contribution is 2.45. The number of allylic oxidation sites excluding steroid dienone is 1. The molecule has 1 aliphatic heterocycles. The van der Waals surface area contributed by atoms with Crippen molar-refractivity contribution in [2.75, 3.05) is 13.7 Å². The van der Waals surface area contributed by atoms with E-state index in [4.69, 9.17) is 24.7 Å². The van der Waals surface area contributed by atoms with E-state index in [2.05, 4.69) is 33.4 Å². The van der Waals surface area contributed by atoms with Crippen LogP contribution >= 0.6 is 0 Å². The molecule has 0 saturated carbocycles. The lowest BCUT2D eigenvalue weighted by Crippen LogP contribution is -2.21. The van der Waals surface area contributed by atoms with E-state index in [0.717, 1.165) is 11.1 Å². The Bertz CT molecular complexity index is 1440. The summed E-state index contributed by atoms with van der Waals surface area (Å²) in [6.07, 6.45) is 1.64. The highest BCUT2D eigenvalue weighted by molar-refractivity contribution is 5.91. The second-order valence-corrected chi connectivity index (χ2v) is 9.85. The summed E-state index contributed by atoms with van der Waals surface area (Å²) in [6.45, 7) is 10.3. The monoisotopic (exact) mass is 510 g/mol. The average molecular weight is 511 g/mol. The Hall–Kier alpha value is -4.70. The fourth-order valence-corrected chi connectivity index (χ4v) is 4.25. The number of carbonyl (C=O) groups excluding carboxylic acids is 1. The number of hydrogen-bond acceptors (Lipinski definition) is 7. The van der Waals surface area contributed by atoms with Crippen molar-refractivity contribution in [3.05, 3.63) is 107 Å². The molecule has 0 amide bonds. The summed E-state index contributed by atoms with van der Waals surface area (Å²) >= 11 is 0. The fourth-order valence-electron chi connectivity index (χ4n) is 4.25. The second kappa shape index (κ2) is 10.7. The van der Waals surface area contributed by atoms with Gasteiger partial charge in [-0.3, -0.25) is 0 Å². The molecule has 0 aromatic heterocycles. The van der Waals surface area contributed by atoms with Crippen LogP contribution in [0.4, 0.5) is 0 Å². The van der Waals surface area contributed by atoms with Crippen molar-refractivity contribution in [1.29, 1.82) is 5.26 Å². The number of nitrogens with two attached hydrogens (primary N) is 1. The van der Waals surface area contributed by atoms with Gasteiger partial charge in [0.1, 0.15) is 29.7 Å². The standard InChI is InChI=1S/C31H30N2O5/c1-6-15-36-25-14-9-20(16-27(25)35-5)28-23-13-12-22(17-26(23)38-29(33)24(28)18-32)37-30(34)19-7-10-21(11-8-19)31(2,3)4/h6-14,16-17,28H,1,15,33H2,2-5H3. The molecule has 0 bridgehead atoms. The molecular weight excluding hydrogens is 480 g/mol. The van der Waals surface area contributed by atoms with Crippen molar-refractivity contribution < 1.29 is 23.7 Å². The minimum absolute atomic E-state index is 0.0165. The number of fused-ring (bicyclic) bond motifs is 1. The predicted octanol–water partition coefficient (Wildman–Crippen LogP) is 5.99. The molecule has 0 radical (unpaired) electrons. The van der Waals surface area contributed by atoms with Gasteiger partial charge in [-0.25, -0.2) is 4.79 Å². The Morgan fingerprint density at radius 2 is 1.84 bits per heavy atom. The molecule has 194 valence electrons. The third-order valence-electron chi connectivity index (χ3n) is 6.27. The lowest BCUT2D eigenvalue weighted by Gasteiger charge is -2.27. The van der Waals surface area contributed by atoms with Gasteiger partial charge in [0.2, 0.25) is 5.88 Å². The Balaban J connectivity index is 1.64. The maximum absolute atomic E-state index is 12.8. The van der Waals surface area contributed by atoms with E-state index in [9.17, 15) is 10.1 Å². The van der Waals surface area contributed by atoms with E-state index in [1.807, 2.05) is 18.2 Å². The second-order valence-electron chi connectivity index (χ2n) is 9.85. The van der Waals surface area contributed by atoms with E-state index in [1.165, 1.54) is 0 Å². The van der Waals surface area contributed by atoms with Crippen LogP contribution in [0.2, 0.25) is 0 Å². The minimum Gasteiger partial charge on any atom is -0.493 e. The first-order valence-electron chi connectivity index (χ1n) is 12.1. The molecular formula is C31H30N2O5. The van der Waals surface area contributed by atoms with Crippen LogP contribution in [0.3, 0.4) is 0 Å². The van der Waals surface area contributed by atoms with Crippen molar-refractivity contribution in [1.82, 2.24) is 0 Å². The van der Waals surface area contributed by atoms with Gasteiger partial charge in [-0.1, -0.05) is 57.7 Å². The van der Waals surface area contributed by atoms with Gasteiger partial charge in [0.15, 0.2) is 11.5 Å². The molecule has 1 aliphatic rings. The Morgan fingerprint density at radius 1 is 1.11 bits per heavy atom. The number of methoxy groups -OCH3 is 1. The van der Waals surface area contributed by atoms with Crippen LogP contribution in [0.5, 0.6) is 23.0 Å². The summed E-state index contributed by atoms with van der Waals surface area (Å²) < 4.78 is 22.6. The molecule has 7 heteroatoms. The largest absolute Gasteiger partial charge is 0.493 e. The van der Waals surface area contributed by atoms with Crippen molar-refractivity contribution >= 4 is 5.97 Å². The number of nitrogens with zero attached hydrogens (tertiary/aromatic N) is 1. The molecule has 0 fully saturated rings. The van der Waals surface area contributed by atoms with Crippen LogP contribution in [0.1, 0.15) is 53.7 Å². The van der Waals surface area contributed by atoms with Gasteiger partial charge < -0.3 is 24.7 Å². The fraction of sp³-hybridized carbons (Fsp3) is 0.226. The van der Waals surface area contributed by atoms with Gasteiger partial charge >= 0.3 is 5.97 Å². The van der Waals surface area contributed by atoms with Crippen LogP contribution in [0.25, 0.3) is 0 Å². The molecule has 1 heterocycles. The summed E-state index contributed by atoms with van der Waals surface area (Å²) in [4.78, 5) is 12.8. The van der Waals surface area contributed by atoms with E-state index >= 15 is 0 Å². The summed E-state index contributed by atoms with van der Waals surface area (Å²) in [6, 6.07) is 20.0. The van der Waals surface area contributed by atoms with Crippen molar-refractivity contribution in [2.45, 2.75) is 32.1 Å². The molecule has 1 atom stereocenters. The van der Waals surface area contributed by atoms with Crippen LogP contribution < -0.4 is 24.7 Å². The van der Waals surface area contributed by atoms with E-state index in [-0.39, 0.29) is 16.9 Å². The maximum Gasteiger partial charge on any atom is 0.343 e. The molecule has 4 rings (SSSR count). The zero-order chi connectivity index (χ0) is 27.4. The first-order chi connectivity index (χ1) is 18.2. The summed E-state index contributed by atoms with van der Waals surface area (Å²) in [5, 5.41) is 9.88. The molecule has 0 saturated heterocycles. The Kier molecular flexibility index (Phi) is 7.45. The summed E-state index contributed by atoms with van der Waals surface area (Å²) in [5.74, 6) is 0.738. The maximum atomic E-state index is 12.8. The molecule has 0 spiro atoms. The van der Waals surface area contributed by atoms with Crippen molar-refractivity contribution in [3.8, 4) is 29.1 Å². The predicted molar refractivity (Wildman–Crippen MR) is 145 cm³/mol. The zero-order valence-corrected chi connectivity index (χ0v) is 21.9. The Morgan fingerprint density at radius 3 is 2.47 bits per heavy atom. The van der Waals surface area contributed by atoms with E-state index < -0.39 is 11.9 Å². The number of hydrogen-bond donors (Lipinski definition) is 1. The molecule has 7 nitrogen and oxygen atoms in total. The number of esters is 1. The summed E-state index contributed by atoms with van der Waals surface area (Å²) in [7, 11) is 1.55. The van der Waals surface area contributed by atoms with E-state index in [1.54, 1.807) is 55.7 Å². The first kappa shape index (κ1) is 26.4. The SMILES string of the molecule is C=CCOc1ccc(C2C(C#N)=C(N)Oc3cc(OC(=O)c4ccc(C(C)(C)C)cc4)ccc32)cc1OC. The van der Waals surface area contributed by atoms with Gasteiger partial charge in [0.05, 0.1) is 18.6 Å². The molecule has 3 aromatic carbocycles. The number of rotatable bonds is 7. The summed E-state index contributed by atoms with van der Waals surface area (Å²) in [5.41, 5.74) is 9.42. The topological polar surface area (TPSA) is 104 Å². The number of nitriles is 1. The van der Waals surface area contributed by atoms with Crippen LogP contribution in [-0.4, -0.2) is 19.7 Å². The smallest absolute Gasteiger partial charge is 0.343 e. The van der Waals surface area contributed by atoms with Crippen molar-refractivity contribution in [2.24, 2.45) is 5.73 Å².